The Morgan fingerprint density at radius 1 is 1.00 bits per heavy atom. The topological polar surface area (TPSA) is 86.2 Å². The van der Waals surface area contributed by atoms with Gasteiger partial charge in [-0.2, -0.15) is 0 Å². The molecule has 7 nitrogen and oxygen atoms in total. The van der Waals surface area contributed by atoms with E-state index < -0.39 is 5.60 Å². The highest BCUT2D eigenvalue weighted by atomic mass is 127. The highest BCUT2D eigenvalue weighted by molar-refractivity contribution is 14.0. The van der Waals surface area contributed by atoms with Gasteiger partial charge in [-0.1, -0.05) is 24.3 Å². The average Bonchev–Trinajstić information content (AvgIpc) is 3.45. The molecule has 0 aliphatic rings. The van der Waals surface area contributed by atoms with Crippen LogP contribution in [0.2, 0.25) is 0 Å². The normalized spacial score (nSPS) is 13.5. The Hall–Kier alpha value is -2.30. The van der Waals surface area contributed by atoms with Gasteiger partial charge in [0, 0.05) is 13.1 Å². The Labute approximate surface area is 206 Å². The van der Waals surface area contributed by atoms with Crippen molar-refractivity contribution in [2.75, 3.05) is 20.1 Å². The molecule has 0 bridgehead atoms. The second kappa shape index (κ2) is 12.7. The van der Waals surface area contributed by atoms with Gasteiger partial charge in [-0.15, -0.1) is 24.0 Å². The molecule has 0 amide bonds. The summed E-state index contributed by atoms with van der Waals surface area (Å²) in [5, 5.41) is 17.1. The van der Waals surface area contributed by atoms with Crippen LogP contribution in [0, 0.1) is 0 Å². The summed E-state index contributed by atoms with van der Waals surface area (Å²) in [5.74, 6) is 2.11. The number of guanidine groups is 1. The van der Waals surface area contributed by atoms with Crippen LogP contribution in [0.25, 0.3) is 0 Å². The molecule has 2 aromatic heterocycles. The summed E-state index contributed by atoms with van der Waals surface area (Å²) in [4.78, 5) is 6.94. The smallest absolute Gasteiger partial charge is 0.191 e. The van der Waals surface area contributed by atoms with Crippen LogP contribution in [0.1, 0.15) is 36.5 Å². The molecule has 0 aliphatic carbocycles. The molecule has 3 N–H and O–H groups in total. The summed E-state index contributed by atoms with van der Waals surface area (Å²) < 4.78 is 10.8. The first-order valence-electron chi connectivity index (χ1n) is 10.5. The van der Waals surface area contributed by atoms with Gasteiger partial charge in [-0.25, -0.2) is 4.99 Å². The van der Waals surface area contributed by atoms with E-state index in [0.29, 0.717) is 18.3 Å². The van der Waals surface area contributed by atoms with E-state index in [1.807, 2.05) is 31.2 Å². The predicted octanol–water partition coefficient (Wildman–Crippen LogP) is 4.09. The Morgan fingerprint density at radius 2 is 1.72 bits per heavy atom. The molecule has 0 saturated carbocycles. The van der Waals surface area contributed by atoms with Crippen molar-refractivity contribution in [1.29, 1.82) is 0 Å². The van der Waals surface area contributed by atoms with Crippen molar-refractivity contribution >= 4 is 29.9 Å². The van der Waals surface area contributed by atoms with Gasteiger partial charge in [0.1, 0.15) is 17.1 Å². The van der Waals surface area contributed by atoms with Gasteiger partial charge in [0.15, 0.2) is 5.96 Å². The molecule has 0 fully saturated rings. The maximum absolute atomic E-state index is 10.7. The van der Waals surface area contributed by atoms with Crippen LogP contribution >= 0.6 is 24.0 Å². The molecule has 3 rings (SSSR count). The quantitative estimate of drug-likeness (QED) is 0.200. The zero-order valence-electron chi connectivity index (χ0n) is 18.9. The Kier molecular flexibility index (Phi) is 10.3. The van der Waals surface area contributed by atoms with E-state index in [4.69, 9.17) is 13.8 Å². The lowest BCUT2D eigenvalue weighted by molar-refractivity contribution is 0.0386. The summed E-state index contributed by atoms with van der Waals surface area (Å²) in [7, 11) is 2.07. The van der Waals surface area contributed by atoms with Crippen molar-refractivity contribution in [3.63, 3.8) is 0 Å². The van der Waals surface area contributed by atoms with E-state index in [-0.39, 0.29) is 30.5 Å². The van der Waals surface area contributed by atoms with E-state index in [9.17, 15) is 5.11 Å². The minimum atomic E-state index is -1.13. The average molecular weight is 552 g/mol. The summed E-state index contributed by atoms with van der Waals surface area (Å²) >= 11 is 0. The van der Waals surface area contributed by atoms with Gasteiger partial charge >= 0.3 is 0 Å². The molecule has 1 unspecified atom stereocenters. The van der Waals surface area contributed by atoms with Crippen LogP contribution in [-0.4, -0.2) is 36.1 Å². The molecular weight excluding hydrogens is 519 g/mol. The molecular formula is C24H33IN4O3. The molecule has 0 radical (unpaired) electrons. The molecule has 8 heteroatoms. The molecule has 3 aromatic rings. The zero-order valence-corrected chi connectivity index (χ0v) is 21.2. The molecule has 174 valence electrons. The Bertz CT molecular complexity index is 940. The molecule has 32 heavy (non-hydrogen) atoms. The van der Waals surface area contributed by atoms with Crippen LogP contribution in [-0.2, 0) is 25.2 Å². The molecule has 2 heterocycles. The fraction of sp³-hybridized carbons (Fsp3) is 0.375. The van der Waals surface area contributed by atoms with Crippen molar-refractivity contribution in [1.82, 2.24) is 15.5 Å². The third-order valence-corrected chi connectivity index (χ3v) is 4.97. The fourth-order valence-electron chi connectivity index (χ4n) is 3.32. The number of aliphatic hydroxyl groups is 1. The molecule has 1 aromatic carbocycles. The van der Waals surface area contributed by atoms with Crippen LogP contribution in [0.15, 0.2) is 74.9 Å². The fourth-order valence-corrected chi connectivity index (χ4v) is 3.32. The van der Waals surface area contributed by atoms with E-state index in [2.05, 4.69) is 34.7 Å². The first-order valence-corrected chi connectivity index (χ1v) is 10.5. The lowest BCUT2D eigenvalue weighted by Gasteiger charge is -2.23. The summed E-state index contributed by atoms with van der Waals surface area (Å²) in [6.45, 7) is 6.80. The van der Waals surface area contributed by atoms with Gasteiger partial charge in [-0.3, -0.25) is 4.90 Å². The monoisotopic (exact) mass is 552 g/mol. The first-order chi connectivity index (χ1) is 15.0. The van der Waals surface area contributed by atoms with Gasteiger partial charge in [-0.05, 0) is 56.3 Å². The van der Waals surface area contributed by atoms with E-state index in [1.54, 1.807) is 31.6 Å². The SMILES string of the molecule is CCNC(=NCc1ccccc1CN(C)Cc1ccco1)NCC(C)(O)c1ccco1.I. The predicted molar refractivity (Wildman–Crippen MR) is 137 cm³/mol. The number of halogens is 1. The van der Waals surface area contributed by atoms with Crippen LogP contribution in [0.4, 0.5) is 0 Å². The van der Waals surface area contributed by atoms with Crippen molar-refractivity contribution in [2.24, 2.45) is 4.99 Å². The Balaban J connectivity index is 0.00000363. The van der Waals surface area contributed by atoms with E-state index in [0.717, 1.165) is 31.0 Å². The number of furan rings is 2. The van der Waals surface area contributed by atoms with Gasteiger partial charge in [0.05, 0.1) is 32.2 Å². The number of hydrogen-bond donors (Lipinski definition) is 3. The van der Waals surface area contributed by atoms with Crippen molar-refractivity contribution < 1.29 is 13.9 Å². The lowest BCUT2D eigenvalue weighted by atomic mass is 10.0. The third kappa shape index (κ3) is 7.68. The standard InChI is InChI=1S/C24H32N4O3.HI/c1-4-25-23(27-18-24(2,29)22-12-8-14-31-22)26-15-19-9-5-6-10-20(19)16-28(3)17-21-11-7-13-30-21;/h5-14,29H,4,15-18H2,1-3H3,(H2,25,26,27);1H. The lowest BCUT2D eigenvalue weighted by Crippen LogP contribution is -2.44. The third-order valence-electron chi connectivity index (χ3n) is 4.97. The molecule has 0 spiro atoms. The number of benzene rings is 1. The number of aliphatic imine (C=N–C) groups is 1. The Morgan fingerprint density at radius 3 is 2.38 bits per heavy atom. The number of nitrogens with zero attached hydrogens (tertiary/aromatic N) is 2. The minimum Gasteiger partial charge on any atom is -0.468 e. The molecule has 1 atom stereocenters. The summed E-state index contributed by atoms with van der Waals surface area (Å²) in [6, 6.07) is 15.7. The van der Waals surface area contributed by atoms with Crippen molar-refractivity contribution in [3.8, 4) is 0 Å². The molecule has 0 saturated heterocycles. The largest absolute Gasteiger partial charge is 0.468 e. The van der Waals surface area contributed by atoms with Crippen molar-refractivity contribution in [3.05, 3.63) is 83.7 Å². The number of rotatable bonds is 10. The van der Waals surface area contributed by atoms with Gasteiger partial charge < -0.3 is 24.6 Å². The highest BCUT2D eigenvalue weighted by Gasteiger charge is 2.26. The van der Waals surface area contributed by atoms with Crippen LogP contribution in [0.5, 0.6) is 0 Å². The first kappa shape index (κ1) is 26.0. The maximum atomic E-state index is 10.7. The highest BCUT2D eigenvalue weighted by Crippen LogP contribution is 2.20. The maximum Gasteiger partial charge on any atom is 0.191 e. The number of hydrogen-bond acceptors (Lipinski definition) is 5. The number of nitrogens with one attached hydrogen (secondary N) is 2. The van der Waals surface area contributed by atoms with E-state index in [1.165, 1.54) is 5.56 Å². The van der Waals surface area contributed by atoms with Crippen molar-refractivity contribution in [2.45, 2.75) is 39.1 Å². The van der Waals surface area contributed by atoms with E-state index >= 15 is 0 Å². The summed E-state index contributed by atoms with van der Waals surface area (Å²) in [6.07, 6.45) is 3.26. The second-order valence-corrected chi connectivity index (χ2v) is 7.82. The van der Waals surface area contributed by atoms with Gasteiger partial charge in [0.2, 0.25) is 0 Å². The summed E-state index contributed by atoms with van der Waals surface area (Å²) in [5.41, 5.74) is 1.24. The van der Waals surface area contributed by atoms with Gasteiger partial charge in [0.25, 0.3) is 0 Å². The minimum absolute atomic E-state index is 0. The zero-order chi connectivity index (χ0) is 22.1. The second-order valence-electron chi connectivity index (χ2n) is 7.82. The molecule has 0 aliphatic heterocycles. The van der Waals surface area contributed by atoms with Crippen LogP contribution < -0.4 is 10.6 Å². The van der Waals surface area contributed by atoms with Crippen LogP contribution in [0.3, 0.4) is 0 Å².